The van der Waals surface area contributed by atoms with Crippen LogP contribution < -0.4 is 31.4 Å². The molecule has 172 valence electrons. The average Bonchev–Trinajstić information content (AvgIpc) is 2.79. The Morgan fingerprint density at radius 1 is 1.09 bits per heavy atom. The quantitative estimate of drug-likeness (QED) is 0.291. The van der Waals surface area contributed by atoms with Crippen LogP contribution in [0.2, 0.25) is 0 Å². The number of hydrogen-bond donors (Lipinski definition) is 4. The zero-order chi connectivity index (χ0) is 24.0. The predicted octanol–water partition coefficient (Wildman–Crippen LogP) is 2.66. The molecule has 0 saturated carbocycles. The number of benzene rings is 2. The molecule has 11 heteroatoms. The molecule has 0 radical (unpaired) electrons. The molecule has 0 atom stereocenters. The monoisotopic (exact) mass is 469 g/mol. The zero-order valence-corrected chi connectivity index (χ0v) is 19.0. The summed E-state index contributed by atoms with van der Waals surface area (Å²) in [7, 11) is 2.93. The molecule has 1 aromatic heterocycles. The standard InChI is InChI=1S/C22H23N5O5S/c1-12-5-4-6-14(9-12)24-17(28)11-33-22-26-19(23)18(21(30)27-22)25-20(29)13-7-8-15(31-2)16(10-13)32-3/h4-10H,11H2,1-3H3,(H,24,28)(H,25,29)(H3,23,26,27,30). The first-order chi connectivity index (χ1) is 15.8. The van der Waals surface area contributed by atoms with E-state index < -0.39 is 11.5 Å². The van der Waals surface area contributed by atoms with Crippen LogP contribution in [0, 0.1) is 6.92 Å². The van der Waals surface area contributed by atoms with Crippen molar-refractivity contribution in [3.63, 3.8) is 0 Å². The van der Waals surface area contributed by atoms with Gasteiger partial charge >= 0.3 is 0 Å². The maximum absolute atomic E-state index is 12.6. The van der Waals surface area contributed by atoms with Gasteiger partial charge in [-0.15, -0.1) is 0 Å². The summed E-state index contributed by atoms with van der Waals surface area (Å²) in [6.45, 7) is 1.92. The van der Waals surface area contributed by atoms with Crippen molar-refractivity contribution in [2.45, 2.75) is 12.1 Å². The maximum atomic E-state index is 12.6. The summed E-state index contributed by atoms with van der Waals surface area (Å²) in [5.74, 6) is -0.185. The number of nitrogens with two attached hydrogens (primary N) is 1. The number of aromatic nitrogens is 2. The molecule has 2 aromatic carbocycles. The van der Waals surface area contributed by atoms with Gasteiger partial charge in [-0.25, -0.2) is 4.98 Å². The molecule has 0 unspecified atom stereocenters. The Kier molecular flexibility index (Phi) is 7.57. The Morgan fingerprint density at radius 3 is 2.52 bits per heavy atom. The first-order valence-corrected chi connectivity index (χ1v) is 10.7. The van der Waals surface area contributed by atoms with E-state index in [1.54, 1.807) is 12.1 Å². The van der Waals surface area contributed by atoms with Crippen molar-refractivity contribution >= 4 is 40.8 Å². The van der Waals surface area contributed by atoms with E-state index in [9.17, 15) is 14.4 Å². The first kappa shape index (κ1) is 23.7. The lowest BCUT2D eigenvalue weighted by atomic mass is 10.2. The number of nitrogens with one attached hydrogen (secondary N) is 3. The van der Waals surface area contributed by atoms with E-state index >= 15 is 0 Å². The highest BCUT2D eigenvalue weighted by atomic mass is 32.2. The van der Waals surface area contributed by atoms with Crippen LogP contribution in [0.5, 0.6) is 11.5 Å². The van der Waals surface area contributed by atoms with E-state index in [0.717, 1.165) is 17.3 Å². The van der Waals surface area contributed by atoms with Crippen molar-refractivity contribution in [1.82, 2.24) is 9.97 Å². The third kappa shape index (κ3) is 6.04. The number of hydrogen-bond acceptors (Lipinski definition) is 8. The van der Waals surface area contributed by atoms with Gasteiger partial charge < -0.3 is 25.8 Å². The molecule has 0 aliphatic carbocycles. The second-order valence-electron chi connectivity index (χ2n) is 6.86. The average molecular weight is 470 g/mol. The number of H-pyrrole nitrogens is 1. The molecule has 10 nitrogen and oxygen atoms in total. The van der Waals surface area contributed by atoms with Gasteiger partial charge in [0, 0.05) is 11.3 Å². The number of nitrogen functional groups attached to an aromatic ring is 1. The second kappa shape index (κ2) is 10.6. The lowest BCUT2D eigenvalue weighted by Crippen LogP contribution is -2.23. The number of amides is 2. The molecule has 2 amide bonds. The van der Waals surface area contributed by atoms with Crippen LogP contribution in [0.4, 0.5) is 17.2 Å². The van der Waals surface area contributed by atoms with E-state index in [4.69, 9.17) is 15.2 Å². The number of ether oxygens (including phenoxy) is 2. The third-order valence-electron chi connectivity index (χ3n) is 4.45. The topological polar surface area (TPSA) is 148 Å². The Hall–Kier alpha value is -3.99. The van der Waals surface area contributed by atoms with Gasteiger partial charge in [-0.05, 0) is 42.8 Å². The lowest BCUT2D eigenvalue weighted by molar-refractivity contribution is -0.113. The summed E-state index contributed by atoms with van der Waals surface area (Å²) in [6.07, 6.45) is 0. The number of carbonyl (C=O) groups is 2. The molecule has 3 rings (SSSR count). The Morgan fingerprint density at radius 2 is 1.85 bits per heavy atom. The first-order valence-electron chi connectivity index (χ1n) is 9.73. The number of rotatable bonds is 8. The molecule has 0 aliphatic heterocycles. The molecule has 33 heavy (non-hydrogen) atoms. The van der Waals surface area contributed by atoms with Crippen molar-refractivity contribution in [1.29, 1.82) is 0 Å². The largest absolute Gasteiger partial charge is 0.493 e. The summed E-state index contributed by atoms with van der Waals surface area (Å²) in [5.41, 5.74) is 6.99. The van der Waals surface area contributed by atoms with Gasteiger partial charge in [0.05, 0.1) is 20.0 Å². The van der Waals surface area contributed by atoms with Gasteiger partial charge in [-0.3, -0.25) is 19.4 Å². The Balaban J connectivity index is 1.67. The predicted molar refractivity (Wildman–Crippen MR) is 127 cm³/mol. The van der Waals surface area contributed by atoms with E-state index in [0.29, 0.717) is 17.2 Å². The SMILES string of the molecule is COc1ccc(C(=O)Nc2c(N)nc(SCC(=O)Nc3cccc(C)c3)[nH]c2=O)cc1OC. The fourth-order valence-corrected chi connectivity index (χ4v) is 3.54. The summed E-state index contributed by atoms with van der Waals surface area (Å²) in [6, 6.07) is 12.0. The number of aromatic amines is 1. The molecular weight excluding hydrogens is 446 g/mol. The summed E-state index contributed by atoms with van der Waals surface area (Å²) in [4.78, 5) is 43.8. The molecule has 1 heterocycles. The van der Waals surface area contributed by atoms with Crippen LogP contribution in [0.15, 0.2) is 52.4 Å². The van der Waals surface area contributed by atoms with E-state index in [1.807, 2.05) is 25.1 Å². The summed E-state index contributed by atoms with van der Waals surface area (Å²) in [5, 5.41) is 5.38. The maximum Gasteiger partial charge on any atom is 0.277 e. The lowest BCUT2D eigenvalue weighted by Gasteiger charge is -2.11. The second-order valence-corrected chi connectivity index (χ2v) is 7.83. The Labute approximate surface area is 193 Å². The summed E-state index contributed by atoms with van der Waals surface area (Å²) >= 11 is 1.01. The van der Waals surface area contributed by atoms with Crippen molar-refractivity contribution < 1.29 is 19.1 Å². The van der Waals surface area contributed by atoms with Crippen molar-refractivity contribution in [3.8, 4) is 11.5 Å². The minimum atomic E-state index is -0.641. The number of nitrogens with zero attached hydrogens (tertiary/aromatic N) is 1. The highest BCUT2D eigenvalue weighted by molar-refractivity contribution is 7.99. The number of methoxy groups -OCH3 is 2. The molecule has 0 aliphatic rings. The van der Waals surface area contributed by atoms with Crippen molar-refractivity contribution in [2.24, 2.45) is 0 Å². The van der Waals surface area contributed by atoms with Crippen LogP contribution in [-0.4, -0.2) is 41.8 Å². The minimum Gasteiger partial charge on any atom is -0.493 e. The van der Waals surface area contributed by atoms with Crippen LogP contribution in [-0.2, 0) is 4.79 Å². The molecule has 3 aromatic rings. The summed E-state index contributed by atoms with van der Waals surface area (Å²) < 4.78 is 10.3. The van der Waals surface area contributed by atoms with Crippen LogP contribution in [0.3, 0.4) is 0 Å². The number of aryl methyl sites for hydroxylation is 1. The molecule has 0 fully saturated rings. The van der Waals surface area contributed by atoms with Crippen LogP contribution >= 0.6 is 11.8 Å². The highest BCUT2D eigenvalue weighted by Gasteiger charge is 2.16. The van der Waals surface area contributed by atoms with Gasteiger partial charge in [0.25, 0.3) is 11.5 Å². The highest BCUT2D eigenvalue weighted by Crippen LogP contribution is 2.28. The number of carbonyl (C=O) groups excluding carboxylic acids is 2. The normalized spacial score (nSPS) is 10.4. The van der Waals surface area contributed by atoms with Crippen LogP contribution in [0.25, 0.3) is 0 Å². The molecule has 0 spiro atoms. The van der Waals surface area contributed by atoms with Gasteiger partial charge in [0.15, 0.2) is 22.5 Å². The Bertz CT molecular complexity index is 1240. The van der Waals surface area contributed by atoms with Gasteiger partial charge in [-0.1, -0.05) is 23.9 Å². The van der Waals surface area contributed by atoms with Gasteiger partial charge in [0.2, 0.25) is 5.91 Å². The van der Waals surface area contributed by atoms with Gasteiger partial charge in [0.1, 0.15) is 5.69 Å². The van der Waals surface area contributed by atoms with Gasteiger partial charge in [-0.2, -0.15) is 0 Å². The smallest absolute Gasteiger partial charge is 0.277 e. The molecule has 0 bridgehead atoms. The fourth-order valence-electron chi connectivity index (χ4n) is 2.88. The molecule has 5 N–H and O–H groups in total. The number of thioether (sulfide) groups is 1. The van der Waals surface area contributed by atoms with Crippen LogP contribution in [0.1, 0.15) is 15.9 Å². The zero-order valence-electron chi connectivity index (χ0n) is 18.2. The molecular formula is C22H23N5O5S. The third-order valence-corrected chi connectivity index (χ3v) is 5.33. The number of anilines is 3. The van der Waals surface area contributed by atoms with E-state index in [-0.39, 0.29) is 33.9 Å². The minimum absolute atomic E-state index is 0.00761. The fraction of sp³-hybridized carbons (Fsp3) is 0.182. The van der Waals surface area contributed by atoms with Crippen molar-refractivity contribution in [3.05, 3.63) is 63.9 Å². The van der Waals surface area contributed by atoms with Crippen molar-refractivity contribution in [2.75, 3.05) is 36.3 Å². The van der Waals surface area contributed by atoms with E-state index in [1.165, 1.54) is 26.4 Å². The van der Waals surface area contributed by atoms with E-state index in [2.05, 4.69) is 20.6 Å². The molecule has 0 saturated heterocycles.